The summed E-state index contributed by atoms with van der Waals surface area (Å²) in [5.41, 5.74) is 0.464. The van der Waals surface area contributed by atoms with E-state index in [4.69, 9.17) is 0 Å². The van der Waals surface area contributed by atoms with Crippen molar-refractivity contribution in [3.8, 4) is 0 Å². The predicted molar refractivity (Wildman–Crippen MR) is 73.3 cm³/mol. The van der Waals surface area contributed by atoms with Gasteiger partial charge in [-0.05, 0) is 12.1 Å². The van der Waals surface area contributed by atoms with Crippen molar-refractivity contribution in [2.75, 3.05) is 32.7 Å². The van der Waals surface area contributed by atoms with Gasteiger partial charge in [-0.1, -0.05) is 0 Å². The van der Waals surface area contributed by atoms with E-state index in [9.17, 15) is 9.59 Å². The Bertz CT molecular complexity index is 421. The molecule has 0 radical (unpaired) electrons. The minimum absolute atomic E-state index is 0. The van der Waals surface area contributed by atoms with Crippen molar-refractivity contribution in [3.05, 3.63) is 30.1 Å². The van der Waals surface area contributed by atoms with E-state index in [0.29, 0.717) is 18.7 Å². The molecule has 0 aromatic carbocycles. The van der Waals surface area contributed by atoms with Crippen LogP contribution in [0.3, 0.4) is 0 Å². The van der Waals surface area contributed by atoms with Crippen molar-refractivity contribution < 1.29 is 9.59 Å². The fraction of sp³-hybridized carbons (Fsp3) is 0.417. The molecule has 1 fully saturated rings. The molecule has 1 aromatic rings. The van der Waals surface area contributed by atoms with Gasteiger partial charge in [-0.25, -0.2) is 0 Å². The topological polar surface area (TPSA) is 74.3 Å². The summed E-state index contributed by atoms with van der Waals surface area (Å²) >= 11 is 0. The molecule has 104 valence electrons. The molecular weight excluding hydrogens is 268 g/mol. The SMILES string of the molecule is Cl.O=C(NCC(=O)N1CCNCC1)c1cccnc1. The predicted octanol–water partition coefficient (Wildman–Crippen LogP) is -0.335. The van der Waals surface area contributed by atoms with Gasteiger partial charge < -0.3 is 15.5 Å². The summed E-state index contributed by atoms with van der Waals surface area (Å²) in [5, 5.41) is 5.78. The second-order valence-corrected chi connectivity index (χ2v) is 4.06. The van der Waals surface area contributed by atoms with Gasteiger partial charge in [0.25, 0.3) is 5.91 Å². The van der Waals surface area contributed by atoms with Crippen LogP contribution in [0.15, 0.2) is 24.5 Å². The van der Waals surface area contributed by atoms with Gasteiger partial charge in [0.2, 0.25) is 5.91 Å². The van der Waals surface area contributed by atoms with Crippen LogP contribution in [-0.2, 0) is 4.79 Å². The largest absolute Gasteiger partial charge is 0.343 e. The molecule has 0 spiro atoms. The number of piperazine rings is 1. The quantitative estimate of drug-likeness (QED) is 0.797. The minimum Gasteiger partial charge on any atom is -0.343 e. The van der Waals surface area contributed by atoms with Crippen LogP contribution in [0.1, 0.15) is 10.4 Å². The van der Waals surface area contributed by atoms with Crippen molar-refractivity contribution in [1.29, 1.82) is 0 Å². The molecule has 2 heterocycles. The van der Waals surface area contributed by atoms with E-state index in [1.165, 1.54) is 6.20 Å². The maximum Gasteiger partial charge on any atom is 0.253 e. The van der Waals surface area contributed by atoms with Crippen LogP contribution in [0.4, 0.5) is 0 Å². The fourth-order valence-electron chi connectivity index (χ4n) is 1.78. The Hall–Kier alpha value is -1.66. The van der Waals surface area contributed by atoms with Gasteiger partial charge in [-0.15, -0.1) is 12.4 Å². The molecule has 2 N–H and O–H groups in total. The zero-order chi connectivity index (χ0) is 12.8. The number of carbonyl (C=O) groups is 2. The van der Waals surface area contributed by atoms with E-state index in [2.05, 4.69) is 15.6 Å². The highest BCUT2D eigenvalue weighted by Crippen LogP contribution is 1.96. The van der Waals surface area contributed by atoms with Crippen LogP contribution in [0, 0.1) is 0 Å². The van der Waals surface area contributed by atoms with Crippen molar-refractivity contribution in [2.24, 2.45) is 0 Å². The highest BCUT2D eigenvalue weighted by molar-refractivity contribution is 5.96. The van der Waals surface area contributed by atoms with Crippen LogP contribution in [0.25, 0.3) is 0 Å². The smallest absolute Gasteiger partial charge is 0.253 e. The molecule has 1 aliphatic heterocycles. The van der Waals surface area contributed by atoms with E-state index in [1.807, 2.05) is 0 Å². The summed E-state index contributed by atoms with van der Waals surface area (Å²) in [6.45, 7) is 3.04. The molecular formula is C12H17ClN4O2. The third kappa shape index (κ3) is 4.50. The molecule has 1 aromatic heterocycles. The third-order valence-corrected chi connectivity index (χ3v) is 2.79. The molecule has 1 saturated heterocycles. The van der Waals surface area contributed by atoms with Gasteiger partial charge in [0, 0.05) is 38.6 Å². The zero-order valence-electron chi connectivity index (χ0n) is 10.5. The highest BCUT2D eigenvalue weighted by atomic mass is 35.5. The number of hydrogen-bond acceptors (Lipinski definition) is 4. The van der Waals surface area contributed by atoms with Crippen LogP contribution in [-0.4, -0.2) is 54.4 Å². The Morgan fingerprint density at radius 1 is 1.37 bits per heavy atom. The number of rotatable bonds is 3. The molecule has 2 amide bonds. The number of carbonyl (C=O) groups excluding carboxylic acids is 2. The number of nitrogens with one attached hydrogen (secondary N) is 2. The van der Waals surface area contributed by atoms with Crippen molar-refractivity contribution >= 4 is 24.2 Å². The number of halogens is 1. The second kappa shape index (κ2) is 7.70. The Labute approximate surface area is 118 Å². The van der Waals surface area contributed by atoms with Crippen LogP contribution >= 0.6 is 12.4 Å². The lowest BCUT2D eigenvalue weighted by molar-refractivity contribution is -0.130. The van der Waals surface area contributed by atoms with Crippen LogP contribution < -0.4 is 10.6 Å². The maximum atomic E-state index is 11.8. The van der Waals surface area contributed by atoms with Gasteiger partial charge in [0.15, 0.2) is 0 Å². The molecule has 0 unspecified atom stereocenters. The summed E-state index contributed by atoms with van der Waals surface area (Å²) in [6.07, 6.45) is 3.08. The molecule has 0 aliphatic carbocycles. The fourth-order valence-corrected chi connectivity index (χ4v) is 1.78. The highest BCUT2D eigenvalue weighted by Gasteiger charge is 2.16. The van der Waals surface area contributed by atoms with Gasteiger partial charge in [-0.2, -0.15) is 0 Å². The summed E-state index contributed by atoms with van der Waals surface area (Å²) in [4.78, 5) is 29.1. The first-order chi connectivity index (χ1) is 8.77. The second-order valence-electron chi connectivity index (χ2n) is 4.06. The first kappa shape index (κ1) is 15.4. The first-order valence-electron chi connectivity index (χ1n) is 5.94. The molecule has 0 saturated carbocycles. The minimum atomic E-state index is -0.272. The Morgan fingerprint density at radius 3 is 2.74 bits per heavy atom. The average Bonchev–Trinajstić information content (AvgIpc) is 2.46. The number of nitrogens with zero attached hydrogens (tertiary/aromatic N) is 2. The van der Waals surface area contributed by atoms with Crippen LogP contribution in [0.5, 0.6) is 0 Å². The van der Waals surface area contributed by atoms with Crippen molar-refractivity contribution in [2.45, 2.75) is 0 Å². The maximum absolute atomic E-state index is 11.8. The van der Waals surface area contributed by atoms with E-state index in [0.717, 1.165) is 13.1 Å². The van der Waals surface area contributed by atoms with E-state index in [1.54, 1.807) is 23.2 Å². The summed E-state index contributed by atoms with van der Waals surface area (Å²) in [6, 6.07) is 3.35. The van der Waals surface area contributed by atoms with Crippen molar-refractivity contribution in [1.82, 2.24) is 20.5 Å². The molecule has 1 aliphatic rings. The van der Waals surface area contributed by atoms with Gasteiger partial charge in [-0.3, -0.25) is 14.6 Å². The molecule has 2 rings (SSSR count). The summed E-state index contributed by atoms with van der Waals surface area (Å²) in [5.74, 6) is -0.319. The van der Waals surface area contributed by atoms with Gasteiger partial charge >= 0.3 is 0 Å². The van der Waals surface area contributed by atoms with E-state index < -0.39 is 0 Å². The molecule has 7 heteroatoms. The van der Waals surface area contributed by atoms with Crippen LogP contribution in [0.2, 0.25) is 0 Å². The summed E-state index contributed by atoms with van der Waals surface area (Å²) in [7, 11) is 0. The normalized spacial score (nSPS) is 14.4. The third-order valence-electron chi connectivity index (χ3n) is 2.79. The molecule has 0 bridgehead atoms. The lowest BCUT2D eigenvalue weighted by Gasteiger charge is -2.27. The Kier molecular flexibility index (Phi) is 6.24. The Morgan fingerprint density at radius 2 is 2.11 bits per heavy atom. The van der Waals surface area contributed by atoms with Gasteiger partial charge in [0.05, 0.1) is 12.1 Å². The molecule has 19 heavy (non-hydrogen) atoms. The van der Waals surface area contributed by atoms with E-state index >= 15 is 0 Å². The molecule has 6 nitrogen and oxygen atoms in total. The average molecular weight is 285 g/mol. The number of amides is 2. The molecule has 0 atom stereocenters. The monoisotopic (exact) mass is 284 g/mol. The zero-order valence-corrected chi connectivity index (χ0v) is 11.3. The first-order valence-corrected chi connectivity index (χ1v) is 5.94. The van der Waals surface area contributed by atoms with Gasteiger partial charge in [0.1, 0.15) is 0 Å². The van der Waals surface area contributed by atoms with Crippen molar-refractivity contribution in [3.63, 3.8) is 0 Å². The standard InChI is InChI=1S/C12H16N4O2.ClH/c17-11(16-6-4-13-5-7-16)9-15-12(18)10-2-1-3-14-8-10;/h1-3,8,13H,4-7,9H2,(H,15,18);1H. The van der Waals surface area contributed by atoms with E-state index in [-0.39, 0.29) is 30.8 Å². The summed E-state index contributed by atoms with van der Waals surface area (Å²) < 4.78 is 0. The lowest BCUT2D eigenvalue weighted by Crippen LogP contribution is -2.49. The number of hydrogen-bond donors (Lipinski definition) is 2. The number of aromatic nitrogens is 1. The Balaban J connectivity index is 0.00000180. The number of pyridine rings is 1. The lowest BCUT2D eigenvalue weighted by atomic mass is 10.2.